The highest BCUT2D eigenvalue weighted by Gasteiger charge is 2.19. The lowest BCUT2D eigenvalue weighted by Crippen LogP contribution is -2.04. The highest BCUT2D eigenvalue weighted by Crippen LogP contribution is 2.36. The van der Waals surface area contributed by atoms with Crippen molar-refractivity contribution < 1.29 is 9.26 Å². The molecule has 0 unspecified atom stereocenters. The first-order chi connectivity index (χ1) is 9.51. The smallest absolute Gasteiger partial charge is 0.170 e. The van der Waals surface area contributed by atoms with E-state index in [1.807, 2.05) is 13.8 Å². The van der Waals surface area contributed by atoms with E-state index in [0.717, 1.165) is 51.4 Å². The quantitative estimate of drug-likeness (QED) is 0.930. The van der Waals surface area contributed by atoms with E-state index in [0.29, 0.717) is 6.54 Å². The van der Waals surface area contributed by atoms with E-state index >= 15 is 0 Å². The van der Waals surface area contributed by atoms with Crippen LogP contribution in [-0.2, 0) is 6.42 Å². The van der Waals surface area contributed by atoms with Crippen molar-refractivity contribution >= 4 is 0 Å². The molecule has 0 saturated carbocycles. The van der Waals surface area contributed by atoms with Gasteiger partial charge in [0.05, 0.1) is 12.8 Å². The maximum absolute atomic E-state index is 5.69. The van der Waals surface area contributed by atoms with Gasteiger partial charge in [-0.2, -0.15) is 0 Å². The monoisotopic (exact) mass is 274 g/mol. The lowest BCUT2D eigenvalue weighted by atomic mass is 9.94. The van der Waals surface area contributed by atoms with Crippen molar-refractivity contribution in [3.05, 3.63) is 34.0 Å². The summed E-state index contributed by atoms with van der Waals surface area (Å²) in [4.78, 5) is 0. The van der Waals surface area contributed by atoms with Crippen molar-refractivity contribution in [3.63, 3.8) is 0 Å². The molecule has 0 radical (unpaired) electrons. The number of nitrogens with zero attached hydrogens (tertiary/aromatic N) is 1. The fourth-order valence-electron chi connectivity index (χ4n) is 2.65. The average Bonchev–Trinajstić information content (AvgIpc) is 2.77. The maximum Gasteiger partial charge on any atom is 0.170 e. The van der Waals surface area contributed by atoms with Crippen molar-refractivity contribution in [1.82, 2.24) is 5.16 Å². The van der Waals surface area contributed by atoms with Crippen LogP contribution in [0, 0.1) is 27.7 Å². The van der Waals surface area contributed by atoms with Crippen LogP contribution in [0.4, 0.5) is 0 Å². The van der Waals surface area contributed by atoms with Crippen molar-refractivity contribution in [3.8, 4) is 17.1 Å². The molecule has 2 N–H and O–H groups in total. The third kappa shape index (κ3) is 2.31. The standard InChI is InChI=1S/C16H22N2O2/c1-9-8-14(10(2)11(3)15(9)19-5)16-13(6-7-17)12(4)18-20-16/h8H,6-7,17H2,1-5H3. The summed E-state index contributed by atoms with van der Waals surface area (Å²) in [5.41, 5.74) is 12.2. The minimum absolute atomic E-state index is 0.586. The molecule has 0 fully saturated rings. The van der Waals surface area contributed by atoms with E-state index in [9.17, 15) is 0 Å². The van der Waals surface area contributed by atoms with Crippen molar-refractivity contribution in [2.45, 2.75) is 34.1 Å². The zero-order chi connectivity index (χ0) is 14.9. The minimum atomic E-state index is 0.586. The topological polar surface area (TPSA) is 61.3 Å². The summed E-state index contributed by atoms with van der Waals surface area (Å²) in [6.07, 6.45) is 0.772. The number of rotatable bonds is 4. The Kier molecular flexibility index (Phi) is 4.14. The molecule has 0 aliphatic carbocycles. The molecule has 2 rings (SSSR count). The fraction of sp³-hybridized carbons (Fsp3) is 0.438. The molecule has 20 heavy (non-hydrogen) atoms. The van der Waals surface area contributed by atoms with Crippen LogP contribution in [0.15, 0.2) is 10.6 Å². The van der Waals surface area contributed by atoms with E-state index in [-0.39, 0.29) is 0 Å². The zero-order valence-electron chi connectivity index (χ0n) is 12.8. The van der Waals surface area contributed by atoms with Crippen LogP contribution < -0.4 is 10.5 Å². The van der Waals surface area contributed by atoms with Crippen LogP contribution in [0.5, 0.6) is 5.75 Å². The number of benzene rings is 1. The predicted molar refractivity (Wildman–Crippen MR) is 80.2 cm³/mol. The molecular weight excluding hydrogens is 252 g/mol. The van der Waals surface area contributed by atoms with Crippen LogP contribution in [-0.4, -0.2) is 18.8 Å². The van der Waals surface area contributed by atoms with E-state index in [1.165, 1.54) is 0 Å². The van der Waals surface area contributed by atoms with E-state index in [4.69, 9.17) is 15.0 Å². The maximum atomic E-state index is 5.69. The van der Waals surface area contributed by atoms with Crippen LogP contribution in [0.1, 0.15) is 27.9 Å². The Morgan fingerprint density at radius 2 is 1.90 bits per heavy atom. The Balaban J connectivity index is 2.65. The molecule has 1 aromatic carbocycles. The number of ether oxygens (including phenoxy) is 1. The van der Waals surface area contributed by atoms with Crippen LogP contribution in [0.25, 0.3) is 11.3 Å². The molecule has 4 nitrogen and oxygen atoms in total. The van der Waals surface area contributed by atoms with Gasteiger partial charge in [-0.1, -0.05) is 5.16 Å². The Labute approximate surface area is 119 Å². The van der Waals surface area contributed by atoms with Gasteiger partial charge in [0.2, 0.25) is 0 Å². The summed E-state index contributed by atoms with van der Waals surface area (Å²) in [7, 11) is 1.70. The zero-order valence-corrected chi connectivity index (χ0v) is 12.8. The number of aryl methyl sites for hydroxylation is 2. The molecular formula is C16H22N2O2. The summed E-state index contributed by atoms with van der Waals surface area (Å²) >= 11 is 0. The van der Waals surface area contributed by atoms with E-state index in [1.54, 1.807) is 7.11 Å². The molecule has 0 aliphatic rings. The summed E-state index contributed by atoms with van der Waals surface area (Å²) in [6.45, 7) is 8.73. The molecule has 0 atom stereocenters. The molecule has 0 saturated heterocycles. The van der Waals surface area contributed by atoms with Gasteiger partial charge in [-0.15, -0.1) is 0 Å². The van der Waals surface area contributed by atoms with Crippen LogP contribution >= 0.6 is 0 Å². The van der Waals surface area contributed by atoms with Gasteiger partial charge in [0.1, 0.15) is 5.75 Å². The van der Waals surface area contributed by atoms with E-state index in [2.05, 4.69) is 25.1 Å². The summed E-state index contributed by atoms with van der Waals surface area (Å²) in [5.74, 6) is 1.77. The second-order valence-electron chi connectivity index (χ2n) is 5.14. The van der Waals surface area contributed by atoms with Crippen LogP contribution in [0.3, 0.4) is 0 Å². The lowest BCUT2D eigenvalue weighted by molar-refractivity contribution is 0.407. The van der Waals surface area contributed by atoms with Gasteiger partial charge < -0.3 is 15.0 Å². The molecule has 0 bridgehead atoms. The molecule has 1 heterocycles. The Hall–Kier alpha value is -1.81. The molecule has 2 aromatic rings. The summed E-state index contributed by atoms with van der Waals surface area (Å²) < 4.78 is 11.0. The van der Waals surface area contributed by atoms with Crippen LogP contribution in [0.2, 0.25) is 0 Å². The first-order valence-electron chi connectivity index (χ1n) is 6.81. The van der Waals surface area contributed by atoms with E-state index < -0.39 is 0 Å². The Morgan fingerprint density at radius 3 is 2.50 bits per heavy atom. The largest absolute Gasteiger partial charge is 0.496 e. The SMILES string of the molecule is COc1c(C)cc(-c2onc(C)c2CCN)c(C)c1C. The predicted octanol–water partition coefficient (Wildman–Crippen LogP) is 3.09. The fourth-order valence-corrected chi connectivity index (χ4v) is 2.65. The number of nitrogens with two attached hydrogens (primary N) is 1. The van der Waals surface area contributed by atoms with Gasteiger partial charge in [-0.3, -0.25) is 0 Å². The highest BCUT2D eigenvalue weighted by molar-refractivity contribution is 5.70. The third-order valence-electron chi connectivity index (χ3n) is 3.85. The minimum Gasteiger partial charge on any atom is -0.496 e. The van der Waals surface area contributed by atoms with Crippen molar-refractivity contribution in [2.24, 2.45) is 5.73 Å². The molecule has 4 heteroatoms. The summed E-state index contributed by atoms with van der Waals surface area (Å²) in [6, 6.07) is 2.10. The lowest BCUT2D eigenvalue weighted by Gasteiger charge is -2.15. The van der Waals surface area contributed by atoms with Gasteiger partial charge in [-0.25, -0.2) is 0 Å². The van der Waals surface area contributed by atoms with Gasteiger partial charge in [-0.05, 0) is 63.4 Å². The molecule has 0 amide bonds. The Morgan fingerprint density at radius 1 is 1.20 bits per heavy atom. The van der Waals surface area contributed by atoms with Crippen molar-refractivity contribution in [2.75, 3.05) is 13.7 Å². The molecule has 108 valence electrons. The highest BCUT2D eigenvalue weighted by atomic mass is 16.5. The molecule has 0 aliphatic heterocycles. The Bertz CT molecular complexity index is 630. The third-order valence-corrected chi connectivity index (χ3v) is 3.85. The van der Waals surface area contributed by atoms with Gasteiger partial charge in [0.15, 0.2) is 5.76 Å². The van der Waals surface area contributed by atoms with Gasteiger partial charge in [0.25, 0.3) is 0 Å². The van der Waals surface area contributed by atoms with Crippen molar-refractivity contribution in [1.29, 1.82) is 0 Å². The number of hydrogen-bond donors (Lipinski definition) is 1. The normalized spacial score (nSPS) is 10.9. The second-order valence-corrected chi connectivity index (χ2v) is 5.14. The molecule has 1 aromatic heterocycles. The summed E-state index contributed by atoms with van der Waals surface area (Å²) in [5, 5.41) is 4.09. The number of hydrogen-bond acceptors (Lipinski definition) is 4. The van der Waals surface area contributed by atoms with Gasteiger partial charge >= 0.3 is 0 Å². The number of aromatic nitrogens is 1. The molecule has 0 spiro atoms. The van der Waals surface area contributed by atoms with Gasteiger partial charge in [0, 0.05) is 11.1 Å². The second kappa shape index (κ2) is 5.67. The average molecular weight is 274 g/mol. The first kappa shape index (κ1) is 14.6. The number of methoxy groups -OCH3 is 1. The first-order valence-corrected chi connectivity index (χ1v) is 6.81.